The van der Waals surface area contributed by atoms with Crippen LogP contribution in [0.4, 0.5) is 13.2 Å². The average molecular weight is 237 g/mol. The molecule has 1 N–H and O–H groups in total. The molecule has 2 nitrogen and oxygen atoms in total. The van der Waals surface area contributed by atoms with Crippen LogP contribution in [0, 0.1) is 23.5 Å². The quantitative estimate of drug-likeness (QED) is 0.644. The fraction of sp³-hybridized carbons (Fsp3) is 0.444. The molecule has 0 aliphatic rings. The van der Waals surface area contributed by atoms with Crippen molar-refractivity contribution in [2.45, 2.75) is 11.9 Å². The molecular weight excluding hydrogens is 227 g/mol. The Morgan fingerprint density at radius 1 is 1.40 bits per heavy atom. The van der Waals surface area contributed by atoms with Gasteiger partial charge in [-0.15, -0.1) is 11.8 Å². The summed E-state index contributed by atoms with van der Waals surface area (Å²) in [6.07, 6.45) is 0. The first-order valence-electron chi connectivity index (χ1n) is 4.29. The minimum Gasteiger partial charge on any atom is -0.396 e. The first-order chi connectivity index (χ1) is 7.04. The first-order valence-corrected chi connectivity index (χ1v) is 5.28. The van der Waals surface area contributed by atoms with E-state index in [1.807, 2.05) is 0 Å². The van der Waals surface area contributed by atoms with Crippen molar-refractivity contribution in [3.8, 4) is 0 Å². The van der Waals surface area contributed by atoms with E-state index < -0.39 is 17.6 Å². The third kappa shape index (κ3) is 3.39. The van der Waals surface area contributed by atoms with E-state index in [2.05, 4.69) is 4.98 Å². The summed E-state index contributed by atoms with van der Waals surface area (Å²) < 4.78 is 38.2. The number of hydrogen-bond donors (Lipinski definition) is 1. The molecule has 0 radical (unpaired) electrons. The molecule has 1 aromatic rings. The van der Waals surface area contributed by atoms with E-state index in [0.29, 0.717) is 11.8 Å². The standard InChI is InChI=1S/C9H10F3NOS/c1-5(3-14)4-15-9-7(11)2-6(10)8(12)13-9/h2,5,14H,3-4H2,1H3. The molecule has 0 amide bonds. The summed E-state index contributed by atoms with van der Waals surface area (Å²) in [7, 11) is 0. The lowest BCUT2D eigenvalue weighted by Crippen LogP contribution is -2.05. The minimum absolute atomic E-state index is 0.0434. The summed E-state index contributed by atoms with van der Waals surface area (Å²) in [5.41, 5.74) is 0. The number of rotatable bonds is 4. The van der Waals surface area contributed by atoms with Gasteiger partial charge in [0.1, 0.15) is 5.03 Å². The highest BCUT2D eigenvalue weighted by Crippen LogP contribution is 2.22. The van der Waals surface area contributed by atoms with Crippen LogP contribution in [0.5, 0.6) is 0 Å². The Hall–Kier alpha value is -0.750. The van der Waals surface area contributed by atoms with Crippen LogP contribution in [0.15, 0.2) is 11.1 Å². The summed E-state index contributed by atoms with van der Waals surface area (Å²) in [6, 6.07) is 0.467. The molecule has 1 aromatic heterocycles. The zero-order chi connectivity index (χ0) is 11.4. The monoisotopic (exact) mass is 237 g/mol. The number of aliphatic hydroxyl groups is 1. The summed E-state index contributed by atoms with van der Waals surface area (Å²) in [5, 5.41) is 8.53. The summed E-state index contributed by atoms with van der Waals surface area (Å²) in [4.78, 5) is 3.14. The molecule has 0 aliphatic heterocycles. The lowest BCUT2D eigenvalue weighted by molar-refractivity contribution is 0.250. The second-order valence-electron chi connectivity index (χ2n) is 3.15. The summed E-state index contributed by atoms with van der Waals surface area (Å²) in [6.45, 7) is 1.71. The number of aliphatic hydroxyl groups excluding tert-OH is 1. The number of thioether (sulfide) groups is 1. The van der Waals surface area contributed by atoms with Crippen molar-refractivity contribution in [2.24, 2.45) is 5.92 Å². The molecule has 1 atom stereocenters. The van der Waals surface area contributed by atoms with Gasteiger partial charge in [-0.3, -0.25) is 0 Å². The first kappa shape index (κ1) is 12.3. The molecule has 84 valence electrons. The van der Waals surface area contributed by atoms with Crippen LogP contribution in [0.2, 0.25) is 0 Å². The van der Waals surface area contributed by atoms with Crippen LogP contribution in [0.1, 0.15) is 6.92 Å². The second-order valence-corrected chi connectivity index (χ2v) is 4.16. The Kier molecular flexibility index (Phi) is 4.41. The Morgan fingerprint density at radius 3 is 2.67 bits per heavy atom. The Bertz CT molecular complexity index is 348. The van der Waals surface area contributed by atoms with Crippen molar-refractivity contribution in [2.75, 3.05) is 12.4 Å². The van der Waals surface area contributed by atoms with Crippen LogP contribution in [-0.4, -0.2) is 22.5 Å². The van der Waals surface area contributed by atoms with Crippen molar-refractivity contribution in [1.29, 1.82) is 0 Å². The van der Waals surface area contributed by atoms with Crippen LogP contribution in [0.3, 0.4) is 0 Å². The molecule has 1 heterocycles. The largest absolute Gasteiger partial charge is 0.396 e. The van der Waals surface area contributed by atoms with Crippen molar-refractivity contribution in [3.63, 3.8) is 0 Å². The molecule has 1 unspecified atom stereocenters. The molecule has 0 bridgehead atoms. The van der Waals surface area contributed by atoms with Gasteiger partial charge in [-0.25, -0.2) is 13.8 Å². The average Bonchev–Trinajstić information content (AvgIpc) is 2.21. The molecule has 1 rings (SSSR count). The van der Waals surface area contributed by atoms with E-state index in [0.717, 1.165) is 11.8 Å². The van der Waals surface area contributed by atoms with Gasteiger partial charge in [0, 0.05) is 18.4 Å². The lowest BCUT2D eigenvalue weighted by Gasteiger charge is -2.07. The molecule has 6 heteroatoms. The zero-order valence-electron chi connectivity index (χ0n) is 8.01. The van der Waals surface area contributed by atoms with E-state index in [-0.39, 0.29) is 17.6 Å². The topological polar surface area (TPSA) is 33.1 Å². The van der Waals surface area contributed by atoms with E-state index in [1.54, 1.807) is 6.92 Å². The van der Waals surface area contributed by atoms with Crippen molar-refractivity contribution >= 4 is 11.8 Å². The molecule has 0 saturated heterocycles. The predicted octanol–water partition coefficient (Wildman–Crippen LogP) is 2.22. The zero-order valence-corrected chi connectivity index (χ0v) is 8.82. The fourth-order valence-corrected chi connectivity index (χ4v) is 1.69. The number of pyridine rings is 1. The lowest BCUT2D eigenvalue weighted by atomic mass is 10.2. The van der Waals surface area contributed by atoms with Crippen LogP contribution < -0.4 is 0 Å². The van der Waals surface area contributed by atoms with Gasteiger partial charge in [0.15, 0.2) is 11.6 Å². The maximum Gasteiger partial charge on any atom is 0.250 e. The van der Waals surface area contributed by atoms with Crippen LogP contribution in [0.25, 0.3) is 0 Å². The SMILES string of the molecule is CC(CO)CSc1nc(F)c(F)cc1F. The van der Waals surface area contributed by atoms with Gasteiger partial charge in [-0.2, -0.15) is 4.39 Å². The Balaban J connectivity index is 2.73. The predicted molar refractivity (Wildman–Crippen MR) is 51.1 cm³/mol. The second kappa shape index (κ2) is 5.37. The highest BCUT2D eigenvalue weighted by atomic mass is 32.2. The summed E-state index contributed by atoms with van der Waals surface area (Å²) in [5.74, 6) is -3.15. The van der Waals surface area contributed by atoms with Crippen molar-refractivity contribution < 1.29 is 18.3 Å². The molecule has 15 heavy (non-hydrogen) atoms. The number of nitrogens with zero attached hydrogens (tertiary/aromatic N) is 1. The van der Waals surface area contributed by atoms with E-state index in [1.165, 1.54) is 0 Å². The molecule has 0 spiro atoms. The Morgan fingerprint density at radius 2 is 2.07 bits per heavy atom. The van der Waals surface area contributed by atoms with Gasteiger partial charge in [-0.05, 0) is 5.92 Å². The van der Waals surface area contributed by atoms with Gasteiger partial charge >= 0.3 is 0 Å². The van der Waals surface area contributed by atoms with Crippen LogP contribution in [-0.2, 0) is 0 Å². The van der Waals surface area contributed by atoms with Crippen molar-refractivity contribution in [3.05, 3.63) is 23.6 Å². The highest BCUT2D eigenvalue weighted by molar-refractivity contribution is 7.99. The van der Waals surface area contributed by atoms with Gasteiger partial charge in [-0.1, -0.05) is 6.92 Å². The normalized spacial score (nSPS) is 12.9. The van der Waals surface area contributed by atoms with Gasteiger partial charge < -0.3 is 5.11 Å². The molecule has 0 saturated carbocycles. The number of aromatic nitrogens is 1. The smallest absolute Gasteiger partial charge is 0.250 e. The van der Waals surface area contributed by atoms with Gasteiger partial charge in [0.05, 0.1) is 0 Å². The van der Waals surface area contributed by atoms with Gasteiger partial charge in [0.2, 0.25) is 5.95 Å². The van der Waals surface area contributed by atoms with E-state index in [9.17, 15) is 13.2 Å². The molecule has 0 fully saturated rings. The van der Waals surface area contributed by atoms with Gasteiger partial charge in [0.25, 0.3) is 0 Å². The molecular formula is C9H10F3NOS. The van der Waals surface area contributed by atoms with Crippen LogP contribution >= 0.6 is 11.8 Å². The maximum absolute atomic E-state index is 13.0. The van der Waals surface area contributed by atoms with E-state index in [4.69, 9.17) is 5.11 Å². The maximum atomic E-state index is 13.0. The third-order valence-corrected chi connectivity index (χ3v) is 2.97. The van der Waals surface area contributed by atoms with E-state index >= 15 is 0 Å². The van der Waals surface area contributed by atoms with Crippen molar-refractivity contribution in [1.82, 2.24) is 4.98 Å². The fourth-order valence-electron chi connectivity index (χ4n) is 0.804. The molecule has 0 aliphatic carbocycles. The third-order valence-electron chi connectivity index (χ3n) is 1.67. The minimum atomic E-state index is -1.31. The Labute approximate surface area is 89.5 Å². The summed E-state index contributed by atoms with van der Waals surface area (Å²) >= 11 is 0.950. The number of hydrogen-bond acceptors (Lipinski definition) is 3. The molecule has 0 aromatic carbocycles. The highest BCUT2D eigenvalue weighted by Gasteiger charge is 2.13. The number of halogens is 3.